The van der Waals surface area contributed by atoms with E-state index in [0.717, 1.165) is 17.8 Å². The van der Waals surface area contributed by atoms with Crippen molar-refractivity contribution in [3.8, 4) is 5.75 Å². The van der Waals surface area contributed by atoms with Gasteiger partial charge in [0.2, 0.25) is 11.8 Å². The molecule has 3 amide bonds. The summed E-state index contributed by atoms with van der Waals surface area (Å²) in [7, 11) is 0. The van der Waals surface area contributed by atoms with Gasteiger partial charge >= 0.3 is 0 Å². The van der Waals surface area contributed by atoms with E-state index >= 15 is 0 Å². The van der Waals surface area contributed by atoms with Crippen molar-refractivity contribution in [2.75, 3.05) is 19.7 Å². The van der Waals surface area contributed by atoms with Crippen LogP contribution < -0.4 is 15.6 Å². The van der Waals surface area contributed by atoms with Crippen LogP contribution in [0.25, 0.3) is 0 Å². The first kappa shape index (κ1) is 22.2. The molecule has 1 aliphatic heterocycles. The van der Waals surface area contributed by atoms with Crippen LogP contribution in [0.2, 0.25) is 0 Å². The first-order valence-corrected chi connectivity index (χ1v) is 12.5. The molecule has 7 heteroatoms. The van der Waals surface area contributed by atoms with Crippen molar-refractivity contribution < 1.29 is 19.1 Å². The van der Waals surface area contributed by atoms with E-state index in [4.69, 9.17) is 4.74 Å². The predicted octanol–water partition coefficient (Wildman–Crippen LogP) is 3.06. The van der Waals surface area contributed by atoms with E-state index in [-0.39, 0.29) is 35.7 Å². The summed E-state index contributed by atoms with van der Waals surface area (Å²) in [4.78, 5) is 39.4. The third kappa shape index (κ3) is 5.17. The second-order valence-electron chi connectivity index (χ2n) is 10.9. The quantitative estimate of drug-likeness (QED) is 0.648. The Balaban J connectivity index is 1.02. The Labute approximate surface area is 195 Å². The number of nitrogens with one attached hydrogen (secondary N) is 2. The van der Waals surface area contributed by atoms with E-state index in [1.165, 1.54) is 38.5 Å². The van der Waals surface area contributed by atoms with Crippen LogP contribution in [0.4, 0.5) is 0 Å². The van der Waals surface area contributed by atoms with Crippen molar-refractivity contribution in [2.45, 2.75) is 57.8 Å². The number of carbonyl (C=O) groups is 3. The first-order chi connectivity index (χ1) is 16.0. The number of nitrogens with zero attached hydrogens (tertiary/aromatic N) is 1. The molecule has 1 saturated heterocycles. The molecule has 7 nitrogen and oxygen atoms in total. The van der Waals surface area contributed by atoms with Gasteiger partial charge in [-0.3, -0.25) is 25.2 Å². The lowest BCUT2D eigenvalue weighted by atomic mass is 9.49. The fourth-order valence-corrected chi connectivity index (χ4v) is 7.27. The van der Waals surface area contributed by atoms with E-state index in [1.54, 1.807) is 4.90 Å². The highest BCUT2D eigenvalue weighted by Gasteiger charge is 2.51. The van der Waals surface area contributed by atoms with Gasteiger partial charge < -0.3 is 9.64 Å². The minimum absolute atomic E-state index is 0.00125. The summed E-state index contributed by atoms with van der Waals surface area (Å²) in [6.45, 7) is 1.05. The van der Waals surface area contributed by atoms with Crippen LogP contribution >= 0.6 is 0 Å². The molecule has 2 N–H and O–H groups in total. The first-order valence-electron chi connectivity index (χ1n) is 12.5. The van der Waals surface area contributed by atoms with Crippen molar-refractivity contribution in [1.29, 1.82) is 0 Å². The second kappa shape index (κ2) is 9.35. The van der Waals surface area contributed by atoms with E-state index < -0.39 is 0 Å². The third-order valence-electron chi connectivity index (χ3n) is 8.35. The number of amides is 3. The average Bonchev–Trinajstić information content (AvgIpc) is 2.80. The minimum atomic E-state index is -0.191. The maximum atomic E-state index is 12.7. The molecule has 33 heavy (non-hydrogen) atoms. The zero-order valence-corrected chi connectivity index (χ0v) is 19.3. The summed E-state index contributed by atoms with van der Waals surface area (Å²) in [5.74, 6) is 2.63. The van der Waals surface area contributed by atoms with Crippen LogP contribution in [0, 0.1) is 29.1 Å². The molecule has 4 aliphatic carbocycles. The topological polar surface area (TPSA) is 87.7 Å². The number of benzene rings is 1. The van der Waals surface area contributed by atoms with Gasteiger partial charge in [-0.2, -0.15) is 0 Å². The van der Waals surface area contributed by atoms with E-state index in [9.17, 15) is 14.4 Å². The molecule has 0 aromatic heterocycles. The van der Waals surface area contributed by atoms with Gasteiger partial charge in [0.05, 0.1) is 0 Å². The standard InChI is InChI=1S/C26H35N3O4/c30-23(16-26-13-18-10-19(14-26)12-20(11-18)15-26)27-28-25(32)21-6-8-29(9-7-21)24(31)17-33-22-4-2-1-3-5-22/h1-5,18-21H,6-17H2,(H,27,30)(H,28,32). The molecule has 4 bridgehead atoms. The summed E-state index contributed by atoms with van der Waals surface area (Å²) in [6, 6.07) is 9.27. The molecule has 0 radical (unpaired) electrons. The van der Waals surface area contributed by atoms with Crippen LogP contribution in [0.1, 0.15) is 57.8 Å². The van der Waals surface area contributed by atoms with Crippen molar-refractivity contribution >= 4 is 17.7 Å². The number of rotatable bonds is 6. The van der Waals surface area contributed by atoms with E-state index in [2.05, 4.69) is 10.9 Å². The monoisotopic (exact) mass is 453 g/mol. The Bertz CT molecular complexity index is 843. The highest BCUT2D eigenvalue weighted by Crippen LogP contribution is 2.61. The Kier molecular flexibility index (Phi) is 6.30. The molecule has 0 atom stereocenters. The molecule has 1 aromatic carbocycles. The molecule has 1 aromatic rings. The molecule has 0 spiro atoms. The summed E-state index contributed by atoms with van der Waals surface area (Å²) in [6.07, 6.45) is 9.33. The van der Waals surface area contributed by atoms with Crippen LogP contribution in [-0.4, -0.2) is 42.3 Å². The van der Waals surface area contributed by atoms with Gasteiger partial charge in [0.15, 0.2) is 6.61 Å². The number of hydrogen-bond donors (Lipinski definition) is 2. The molecule has 5 aliphatic rings. The molecule has 178 valence electrons. The highest BCUT2D eigenvalue weighted by atomic mass is 16.5. The Morgan fingerprint density at radius 3 is 2.12 bits per heavy atom. The number of ether oxygens (including phenoxy) is 1. The SMILES string of the molecule is O=C(CC12CC3CC(CC(C3)C1)C2)NNC(=O)C1CCN(C(=O)COc2ccccc2)CC1. The van der Waals surface area contributed by atoms with Crippen LogP contribution in [0.5, 0.6) is 5.75 Å². The van der Waals surface area contributed by atoms with Crippen molar-refractivity contribution in [2.24, 2.45) is 29.1 Å². The lowest BCUT2D eigenvalue weighted by molar-refractivity contribution is -0.138. The molecule has 0 unspecified atom stereocenters. The van der Waals surface area contributed by atoms with Gasteiger partial charge in [-0.1, -0.05) is 18.2 Å². The van der Waals surface area contributed by atoms with Crippen LogP contribution in [0.3, 0.4) is 0 Å². The number of para-hydroxylation sites is 1. The smallest absolute Gasteiger partial charge is 0.260 e. The Hall–Kier alpha value is -2.57. The highest BCUT2D eigenvalue weighted by molar-refractivity contribution is 5.84. The van der Waals surface area contributed by atoms with Crippen molar-refractivity contribution in [3.63, 3.8) is 0 Å². The summed E-state index contributed by atoms with van der Waals surface area (Å²) in [5, 5.41) is 0. The van der Waals surface area contributed by atoms with Gasteiger partial charge in [0.1, 0.15) is 5.75 Å². The van der Waals surface area contributed by atoms with Gasteiger partial charge in [-0.25, -0.2) is 0 Å². The van der Waals surface area contributed by atoms with E-state index in [0.29, 0.717) is 38.1 Å². The van der Waals surface area contributed by atoms with Gasteiger partial charge in [0.25, 0.3) is 5.91 Å². The zero-order valence-electron chi connectivity index (χ0n) is 19.3. The minimum Gasteiger partial charge on any atom is -0.484 e. The molecular formula is C26H35N3O4. The number of likely N-dealkylation sites (tertiary alicyclic amines) is 1. The number of piperidine rings is 1. The van der Waals surface area contributed by atoms with Gasteiger partial charge in [-0.05, 0) is 86.7 Å². The third-order valence-corrected chi connectivity index (χ3v) is 8.35. The maximum absolute atomic E-state index is 12.7. The fraction of sp³-hybridized carbons (Fsp3) is 0.654. The van der Waals surface area contributed by atoms with E-state index in [1.807, 2.05) is 30.3 Å². The lowest BCUT2D eigenvalue weighted by Gasteiger charge is -2.56. The molecular weight excluding hydrogens is 418 g/mol. The lowest BCUT2D eigenvalue weighted by Crippen LogP contribution is -2.51. The molecule has 5 fully saturated rings. The summed E-state index contributed by atoms with van der Waals surface area (Å²) in [5.41, 5.74) is 5.51. The van der Waals surface area contributed by atoms with Gasteiger partial charge in [0, 0.05) is 25.4 Å². The largest absolute Gasteiger partial charge is 0.484 e. The second-order valence-corrected chi connectivity index (χ2v) is 10.9. The van der Waals surface area contributed by atoms with Crippen molar-refractivity contribution in [3.05, 3.63) is 30.3 Å². The summed E-state index contributed by atoms with van der Waals surface area (Å²) < 4.78 is 5.54. The Morgan fingerprint density at radius 2 is 1.52 bits per heavy atom. The van der Waals surface area contributed by atoms with Crippen molar-refractivity contribution in [1.82, 2.24) is 15.8 Å². The fourth-order valence-electron chi connectivity index (χ4n) is 7.27. The number of hydrazine groups is 1. The summed E-state index contributed by atoms with van der Waals surface area (Å²) >= 11 is 0. The Morgan fingerprint density at radius 1 is 0.909 bits per heavy atom. The predicted molar refractivity (Wildman–Crippen MR) is 123 cm³/mol. The van der Waals surface area contributed by atoms with Crippen LogP contribution in [-0.2, 0) is 14.4 Å². The zero-order chi connectivity index (χ0) is 22.8. The van der Waals surface area contributed by atoms with Gasteiger partial charge in [-0.15, -0.1) is 0 Å². The number of hydrogen-bond acceptors (Lipinski definition) is 4. The molecule has 4 saturated carbocycles. The average molecular weight is 454 g/mol. The normalized spacial score (nSPS) is 30.7. The molecule has 6 rings (SSSR count). The number of carbonyl (C=O) groups excluding carboxylic acids is 3. The van der Waals surface area contributed by atoms with Crippen LogP contribution in [0.15, 0.2) is 30.3 Å². The maximum Gasteiger partial charge on any atom is 0.260 e. The molecule has 1 heterocycles.